The molecule has 162 valence electrons. The first kappa shape index (κ1) is 22.3. The molecule has 1 nitrogen and oxygen atoms in total. The van der Waals surface area contributed by atoms with Gasteiger partial charge >= 0.3 is 0 Å². The molecule has 0 radical (unpaired) electrons. The molecule has 2 fully saturated rings. The second-order valence-corrected chi connectivity index (χ2v) is 9.29. The summed E-state index contributed by atoms with van der Waals surface area (Å²) in [4.78, 5) is 0. The van der Waals surface area contributed by atoms with Gasteiger partial charge in [0.2, 0.25) is 6.43 Å². The Morgan fingerprint density at radius 1 is 0.966 bits per heavy atom. The first-order valence-electron chi connectivity index (χ1n) is 11.6. The van der Waals surface area contributed by atoms with Crippen LogP contribution in [0.2, 0.25) is 0 Å². The van der Waals surface area contributed by atoms with Crippen LogP contribution in [0.4, 0.5) is 8.78 Å². The number of alkyl halides is 2. The molecule has 0 amide bonds. The molecule has 0 saturated heterocycles. The molecule has 2 aliphatic carbocycles. The highest BCUT2D eigenvalue weighted by molar-refractivity contribution is 5.37. The van der Waals surface area contributed by atoms with Gasteiger partial charge in [0.25, 0.3) is 0 Å². The molecule has 1 aromatic rings. The molecule has 0 aromatic heterocycles. The molecule has 0 atom stereocenters. The number of benzene rings is 1. The molecule has 3 heteroatoms. The lowest BCUT2D eigenvalue weighted by Crippen LogP contribution is -2.25. The fourth-order valence-electron chi connectivity index (χ4n) is 5.68. The molecule has 1 aromatic carbocycles. The third kappa shape index (κ3) is 6.55. The van der Waals surface area contributed by atoms with Crippen LogP contribution >= 0.6 is 0 Å². The van der Waals surface area contributed by atoms with E-state index in [0.717, 1.165) is 29.9 Å². The van der Waals surface area contributed by atoms with Crippen LogP contribution in [0.15, 0.2) is 30.4 Å². The summed E-state index contributed by atoms with van der Waals surface area (Å²) in [5, 5.41) is 0. The number of ether oxygens (including phenoxy) is 1. The van der Waals surface area contributed by atoms with Crippen molar-refractivity contribution in [1.29, 1.82) is 0 Å². The maximum Gasteiger partial charge on any atom is 0.242 e. The van der Waals surface area contributed by atoms with Gasteiger partial charge in [-0.1, -0.05) is 31.1 Å². The second kappa shape index (κ2) is 11.1. The summed E-state index contributed by atoms with van der Waals surface area (Å²) in [6, 6.07) is 6.52. The quantitative estimate of drug-likeness (QED) is 0.398. The maximum absolute atomic E-state index is 12.2. The van der Waals surface area contributed by atoms with Gasteiger partial charge in [-0.15, -0.1) is 0 Å². The van der Waals surface area contributed by atoms with E-state index >= 15 is 0 Å². The van der Waals surface area contributed by atoms with Gasteiger partial charge in [-0.2, -0.15) is 0 Å². The Balaban J connectivity index is 1.39. The third-order valence-electron chi connectivity index (χ3n) is 7.48. The molecule has 0 unspecified atom stereocenters. The minimum atomic E-state index is -2.20. The summed E-state index contributed by atoms with van der Waals surface area (Å²) in [6.45, 7) is 2.23. The minimum absolute atomic E-state index is 0.0926. The zero-order valence-corrected chi connectivity index (χ0v) is 18.2. The highest BCUT2D eigenvalue weighted by Gasteiger charge is 2.31. The van der Waals surface area contributed by atoms with E-state index in [4.69, 9.17) is 4.74 Å². The number of aryl methyl sites for hydroxylation is 1. The number of halogens is 2. The van der Waals surface area contributed by atoms with Crippen molar-refractivity contribution < 1.29 is 13.5 Å². The smallest absolute Gasteiger partial charge is 0.242 e. The van der Waals surface area contributed by atoms with Gasteiger partial charge in [0.1, 0.15) is 5.75 Å². The Hall–Kier alpha value is -1.38. The maximum atomic E-state index is 12.2. The highest BCUT2D eigenvalue weighted by atomic mass is 19.3. The van der Waals surface area contributed by atoms with Crippen LogP contribution in [-0.4, -0.2) is 13.5 Å². The summed E-state index contributed by atoms with van der Waals surface area (Å²) in [5.74, 6) is 4.29. The zero-order valence-electron chi connectivity index (χ0n) is 18.2. The highest BCUT2D eigenvalue weighted by Crippen LogP contribution is 2.45. The van der Waals surface area contributed by atoms with E-state index in [9.17, 15) is 8.78 Å². The van der Waals surface area contributed by atoms with E-state index in [2.05, 4.69) is 25.1 Å². The van der Waals surface area contributed by atoms with Crippen LogP contribution in [0, 0.1) is 24.7 Å². The van der Waals surface area contributed by atoms with Crippen LogP contribution in [0.5, 0.6) is 5.75 Å². The molecule has 29 heavy (non-hydrogen) atoms. The molecular weight excluding hydrogens is 366 g/mol. The molecule has 0 bridgehead atoms. The molecule has 2 saturated carbocycles. The van der Waals surface area contributed by atoms with E-state index in [1.165, 1.54) is 68.9 Å². The zero-order chi connectivity index (χ0) is 20.6. The predicted octanol–water partition coefficient (Wildman–Crippen LogP) is 8.08. The van der Waals surface area contributed by atoms with Gasteiger partial charge in [0.05, 0.1) is 7.11 Å². The largest absolute Gasteiger partial charge is 0.497 e. The fourth-order valence-corrected chi connectivity index (χ4v) is 5.68. The van der Waals surface area contributed by atoms with Gasteiger partial charge < -0.3 is 4.74 Å². The lowest BCUT2D eigenvalue weighted by atomic mass is 9.67. The first-order chi connectivity index (χ1) is 14.1. The molecule has 0 aliphatic heterocycles. The van der Waals surface area contributed by atoms with Crippen molar-refractivity contribution in [3.63, 3.8) is 0 Å². The summed E-state index contributed by atoms with van der Waals surface area (Å²) in [7, 11) is 1.75. The fraction of sp³-hybridized carbons (Fsp3) is 0.692. The van der Waals surface area contributed by atoms with E-state index in [0.29, 0.717) is 5.92 Å². The Morgan fingerprint density at radius 3 is 2.24 bits per heavy atom. The average Bonchev–Trinajstić information content (AvgIpc) is 2.74. The van der Waals surface area contributed by atoms with Gasteiger partial charge in [-0.05, 0) is 105 Å². The standard InChI is InChI=1S/C26H38F2O/c1-19-8-17-24(29-2)18-25(19)23-15-13-22(14-16-23)21-11-9-20(10-12-21)6-4-3-5-7-26(27)28/h3,5,8,17-18,20-23,26H,4,6-7,9-16H2,1-2H3/b5-3+/t20-,21-,22?,23?. The number of hydrogen-bond donors (Lipinski definition) is 0. The lowest BCUT2D eigenvalue weighted by molar-refractivity contribution is 0.152. The van der Waals surface area contributed by atoms with Gasteiger partial charge in [-0.25, -0.2) is 8.78 Å². The molecule has 3 rings (SSSR count). The summed E-state index contributed by atoms with van der Waals surface area (Å²) < 4.78 is 29.7. The van der Waals surface area contributed by atoms with Crippen LogP contribution in [-0.2, 0) is 0 Å². The summed E-state index contributed by atoms with van der Waals surface area (Å²) >= 11 is 0. The average molecular weight is 405 g/mol. The number of hydrogen-bond acceptors (Lipinski definition) is 1. The Morgan fingerprint density at radius 2 is 1.62 bits per heavy atom. The van der Waals surface area contributed by atoms with Crippen molar-refractivity contribution in [3.05, 3.63) is 41.5 Å². The second-order valence-electron chi connectivity index (χ2n) is 9.29. The van der Waals surface area contributed by atoms with Gasteiger partial charge in [0.15, 0.2) is 0 Å². The van der Waals surface area contributed by atoms with Crippen molar-refractivity contribution in [2.45, 2.75) is 89.9 Å². The first-order valence-corrected chi connectivity index (χ1v) is 11.6. The molecular formula is C26H38F2O. The number of allylic oxidation sites excluding steroid dienone is 2. The van der Waals surface area contributed by atoms with E-state index in [1.54, 1.807) is 13.2 Å². The Kier molecular flexibility index (Phi) is 8.56. The van der Waals surface area contributed by atoms with Crippen molar-refractivity contribution in [1.82, 2.24) is 0 Å². The molecule has 0 spiro atoms. The lowest BCUT2D eigenvalue weighted by Gasteiger charge is -2.38. The van der Waals surface area contributed by atoms with E-state index in [-0.39, 0.29) is 6.42 Å². The minimum Gasteiger partial charge on any atom is -0.497 e. The SMILES string of the molecule is COc1ccc(C)c(C2CCC([C@H]3CC[C@H](CC/C=C/CC(F)F)CC3)CC2)c1. The van der Waals surface area contributed by atoms with E-state index in [1.807, 2.05) is 6.08 Å². The monoisotopic (exact) mass is 404 g/mol. The van der Waals surface area contributed by atoms with Crippen molar-refractivity contribution in [2.75, 3.05) is 7.11 Å². The predicted molar refractivity (Wildman–Crippen MR) is 117 cm³/mol. The van der Waals surface area contributed by atoms with Crippen molar-refractivity contribution in [3.8, 4) is 5.75 Å². The topological polar surface area (TPSA) is 9.23 Å². The van der Waals surface area contributed by atoms with Crippen LogP contribution in [0.25, 0.3) is 0 Å². The molecule has 2 aliphatic rings. The van der Waals surface area contributed by atoms with E-state index < -0.39 is 6.43 Å². The van der Waals surface area contributed by atoms with Crippen LogP contribution < -0.4 is 4.74 Å². The number of methoxy groups -OCH3 is 1. The third-order valence-corrected chi connectivity index (χ3v) is 7.48. The summed E-state index contributed by atoms with van der Waals surface area (Å²) in [6.07, 6.45) is 14.2. The number of rotatable bonds is 8. The molecule has 0 N–H and O–H groups in total. The van der Waals surface area contributed by atoms with Crippen molar-refractivity contribution >= 4 is 0 Å². The molecule has 0 heterocycles. The van der Waals surface area contributed by atoms with Crippen LogP contribution in [0.3, 0.4) is 0 Å². The Labute approximate surface area is 175 Å². The van der Waals surface area contributed by atoms with Gasteiger partial charge in [0, 0.05) is 6.42 Å². The van der Waals surface area contributed by atoms with Gasteiger partial charge in [-0.3, -0.25) is 0 Å². The van der Waals surface area contributed by atoms with Crippen molar-refractivity contribution in [2.24, 2.45) is 17.8 Å². The summed E-state index contributed by atoms with van der Waals surface area (Å²) in [5.41, 5.74) is 2.89. The van der Waals surface area contributed by atoms with Crippen LogP contribution in [0.1, 0.15) is 87.7 Å². The normalized spacial score (nSPS) is 28.2. The Bertz CT molecular complexity index is 638.